The van der Waals surface area contributed by atoms with Gasteiger partial charge in [0.1, 0.15) is 14.3 Å². The molecule has 0 aliphatic rings. The molecule has 2 atom stereocenters. The van der Waals surface area contributed by atoms with Crippen molar-refractivity contribution in [2.75, 3.05) is 54.1 Å². The summed E-state index contributed by atoms with van der Waals surface area (Å²) in [5, 5.41) is 0. The van der Waals surface area contributed by atoms with Gasteiger partial charge in [0.05, 0.1) is 20.8 Å². The van der Waals surface area contributed by atoms with E-state index in [9.17, 15) is 42.7 Å². The van der Waals surface area contributed by atoms with Gasteiger partial charge in [0, 0.05) is 48.8 Å². The minimum atomic E-state index is -2.88. The molecular formula is C35H48N4O13P2. The molecule has 0 spiro atoms. The van der Waals surface area contributed by atoms with Crippen molar-refractivity contribution in [2.45, 2.75) is 51.5 Å². The number of ether oxygens (including phenoxy) is 4. The Bertz CT molecular complexity index is 2140. The fourth-order valence-corrected chi connectivity index (χ4v) is 6.86. The maximum atomic E-state index is 12.7. The number of aromatic amines is 1. The number of carbonyl (C=O) groups excluding carboxylic acids is 3. The lowest BCUT2D eigenvalue weighted by Gasteiger charge is -2.19. The highest BCUT2D eigenvalue weighted by Gasteiger charge is 2.33. The maximum Gasteiger partial charge on any atom is 0.342 e. The van der Waals surface area contributed by atoms with Crippen LogP contribution >= 0.6 is 14.3 Å². The molecule has 0 radical (unpaired) electrons. The van der Waals surface area contributed by atoms with E-state index in [1.165, 1.54) is 81.5 Å². The first kappa shape index (κ1) is 45.5. The van der Waals surface area contributed by atoms with Crippen LogP contribution < -0.4 is 22.5 Å². The van der Waals surface area contributed by atoms with Gasteiger partial charge in [0.15, 0.2) is 0 Å². The number of nitrogens with zero attached hydrogens (tertiary/aromatic N) is 3. The Kier molecular flexibility index (Phi) is 17.4. The van der Waals surface area contributed by atoms with Gasteiger partial charge in [-0.25, -0.2) is 19.2 Å². The fraction of sp³-hybridized carbons (Fsp3) is 0.457. The van der Waals surface area contributed by atoms with Crippen LogP contribution in [0, 0.1) is 13.8 Å². The third kappa shape index (κ3) is 13.3. The first-order chi connectivity index (χ1) is 25.2. The molecule has 17 nitrogen and oxygen atoms in total. The van der Waals surface area contributed by atoms with Crippen molar-refractivity contribution in [3.05, 3.63) is 113 Å². The lowest BCUT2D eigenvalue weighted by molar-refractivity contribution is -0.149. The second-order valence-electron chi connectivity index (χ2n) is 12.8. The van der Waals surface area contributed by atoms with E-state index in [4.69, 9.17) is 9.47 Å². The van der Waals surface area contributed by atoms with Gasteiger partial charge in [-0.15, -0.1) is 0 Å². The lowest BCUT2D eigenvalue weighted by atomic mass is 10.2. The Hall–Kier alpha value is -4.69. The molecule has 0 amide bonds. The van der Waals surface area contributed by atoms with Crippen molar-refractivity contribution in [1.29, 1.82) is 0 Å². The molecule has 19 heteroatoms. The minimum Gasteiger partial charge on any atom is -0.467 e. The Morgan fingerprint density at radius 1 is 0.778 bits per heavy atom. The Morgan fingerprint density at radius 3 is 1.89 bits per heavy atom. The van der Waals surface area contributed by atoms with Gasteiger partial charge in [-0.3, -0.25) is 23.9 Å². The van der Waals surface area contributed by atoms with Gasteiger partial charge in [-0.2, -0.15) is 4.57 Å². The second kappa shape index (κ2) is 20.7. The minimum absolute atomic E-state index is 0.0399. The number of aryl methyl sites for hydroxylation is 3. The normalized spacial score (nSPS) is 12.7. The number of esters is 2. The number of nitrogens with one attached hydrogen (secondary N) is 1. The molecule has 0 saturated heterocycles. The van der Waals surface area contributed by atoms with Crippen molar-refractivity contribution >= 4 is 32.1 Å². The predicted octanol–water partition coefficient (Wildman–Crippen LogP) is 2.47. The number of aromatic nitrogens is 4. The van der Waals surface area contributed by atoms with E-state index < -0.39 is 66.3 Å². The van der Waals surface area contributed by atoms with Crippen LogP contribution in [0.3, 0.4) is 0 Å². The molecule has 0 fully saturated rings. The lowest BCUT2D eigenvalue weighted by Crippen LogP contribution is -2.44. The molecule has 0 bridgehead atoms. The van der Waals surface area contributed by atoms with Crippen molar-refractivity contribution in [3.63, 3.8) is 0 Å². The third-order valence-electron chi connectivity index (χ3n) is 7.56. The number of methoxy groups -OCH3 is 2. The summed E-state index contributed by atoms with van der Waals surface area (Å²) in [6, 6.07) is 8.05. The Labute approximate surface area is 311 Å². The van der Waals surface area contributed by atoms with E-state index >= 15 is 0 Å². The van der Waals surface area contributed by atoms with Crippen molar-refractivity contribution in [1.82, 2.24) is 18.7 Å². The number of hydrogen-bond acceptors (Lipinski definition) is 13. The van der Waals surface area contributed by atoms with Crippen molar-refractivity contribution < 1.29 is 42.5 Å². The molecule has 0 saturated carbocycles. The van der Waals surface area contributed by atoms with Gasteiger partial charge in [0.25, 0.3) is 17.0 Å². The van der Waals surface area contributed by atoms with E-state index in [0.29, 0.717) is 29.5 Å². The van der Waals surface area contributed by atoms with Crippen LogP contribution in [-0.4, -0.2) is 102 Å². The van der Waals surface area contributed by atoms with Crippen molar-refractivity contribution in [2.24, 2.45) is 0 Å². The molecule has 3 aromatic rings. The number of rotatable bonds is 16. The highest BCUT2D eigenvalue weighted by atomic mass is 31.2. The molecule has 2 heterocycles. The zero-order valence-electron chi connectivity index (χ0n) is 31.6. The molecule has 2 unspecified atom stereocenters. The summed E-state index contributed by atoms with van der Waals surface area (Å²) < 4.78 is 47.4. The second-order valence-corrected chi connectivity index (χ2v) is 19.5. The van der Waals surface area contributed by atoms with Crippen LogP contribution in [0.5, 0.6) is 0 Å². The summed E-state index contributed by atoms with van der Waals surface area (Å²) in [6.45, 7) is 9.59. The van der Waals surface area contributed by atoms with E-state index in [2.05, 4.69) is 14.5 Å². The van der Waals surface area contributed by atoms with Crippen molar-refractivity contribution in [3.8, 4) is 0 Å². The number of unbranched alkanes of at least 4 members (excludes halogenated alkanes) is 1. The molecule has 1 aromatic carbocycles. The monoisotopic (exact) mass is 794 g/mol. The van der Waals surface area contributed by atoms with Gasteiger partial charge >= 0.3 is 23.3 Å². The average molecular weight is 795 g/mol. The topological polar surface area (TPSA) is 221 Å². The molecule has 2 aromatic heterocycles. The smallest absolute Gasteiger partial charge is 0.342 e. The summed E-state index contributed by atoms with van der Waals surface area (Å²) in [6.07, 6.45) is 7.17. The first-order valence-corrected chi connectivity index (χ1v) is 21.9. The molecule has 54 heavy (non-hydrogen) atoms. The number of benzene rings is 1. The van der Waals surface area contributed by atoms with E-state index in [1.54, 1.807) is 37.3 Å². The fourth-order valence-electron chi connectivity index (χ4n) is 4.73. The van der Waals surface area contributed by atoms with E-state index in [1.807, 2.05) is 0 Å². The number of carbonyl (C=O) groups is 3. The quantitative estimate of drug-likeness (QED) is 0.0954. The van der Waals surface area contributed by atoms with Gasteiger partial charge in [-0.1, -0.05) is 30.4 Å². The SMILES string of the molecule is COC(=O)C(OC/C=C\Cn1cc(C)c(=O)n(C(=O)c2ccccc2)c1=O)P(C)(C)=O.COC(=O)C(OCCCCn1cc(C)c(=O)[nH]c1=O)P(C)(C)=O. The summed E-state index contributed by atoms with van der Waals surface area (Å²) in [5.74, 6) is -4.32. The summed E-state index contributed by atoms with van der Waals surface area (Å²) in [7, 11) is -3.24. The highest BCUT2D eigenvalue weighted by molar-refractivity contribution is 7.64. The average Bonchev–Trinajstić information content (AvgIpc) is 3.11. The molecule has 3 rings (SSSR count). The van der Waals surface area contributed by atoms with E-state index in [-0.39, 0.29) is 30.9 Å². The summed E-state index contributed by atoms with van der Waals surface area (Å²) in [5.41, 5.74) is -1.38. The van der Waals surface area contributed by atoms with E-state index in [0.717, 1.165) is 0 Å². The van der Waals surface area contributed by atoms with Crippen LogP contribution in [0.1, 0.15) is 34.3 Å². The maximum absolute atomic E-state index is 12.7. The first-order valence-electron chi connectivity index (χ1n) is 16.6. The third-order valence-corrected chi connectivity index (χ3v) is 10.5. The molecule has 296 valence electrons. The van der Waals surface area contributed by atoms with Gasteiger partial charge in [0.2, 0.25) is 11.7 Å². The van der Waals surface area contributed by atoms with Crippen LogP contribution in [0.2, 0.25) is 0 Å². The standard InChI is InChI=1S/C21H25N2O7P.C14H23N2O6P/c1-15-14-22(12-8-9-13-30-20(19(26)29-2)31(3,4)28)21(27)23(17(15)24)18(25)16-10-6-5-7-11-16;1-10-9-16(14(19)15-11(10)17)7-5-6-8-22-13(12(18)21-2)23(3,4)20/h5-11,14,20H,12-13H2,1-4H3;9,13H,5-8H2,1-4H3,(H,15,17,19)/b9-8-;. The zero-order valence-corrected chi connectivity index (χ0v) is 33.4. The summed E-state index contributed by atoms with van der Waals surface area (Å²) in [4.78, 5) is 86.2. The number of hydrogen-bond donors (Lipinski definition) is 1. The zero-order chi connectivity index (χ0) is 40.8. The largest absolute Gasteiger partial charge is 0.467 e. The van der Waals surface area contributed by atoms with Crippen LogP contribution in [-0.2, 0) is 50.8 Å². The predicted molar refractivity (Wildman–Crippen MR) is 203 cm³/mol. The molecule has 0 aliphatic heterocycles. The summed E-state index contributed by atoms with van der Waals surface area (Å²) >= 11 is 0. The number of allylic oxidation sites excluding steroid dienone is 1. The van der Waals surface area contributed by atoms with Gasteiger partial charge < -0.3 is 32.6 Å². The van der Waals surface area contributed by atoms with Crippen LogP contribution in [0.15, 0.2) is 74.1 Å². The molecule has 1 N–H and O–H groups in total. The highest BCUT2D eigenvalue weighted by Crippen LogP contribution is 2.44. The van der Waals surface area contributed by atoms with Crippen LogP contribution in [0.4, 0.5) is 0 Å². The van der Waals surface area contributed by atoms with Gasteiger partial charge in [-0.05, 0) is 65.5 Å². The van der Waals surface area contributed by atoms with Crippen LogP contribution in [0.25, 0.3) is 0 Å². The Morgan fingerprint density at radius 2 is 1.33 bits per heavy atom. The molecule has 0 aliphatic carbocycles. The molecular weight excluding hydrogens is 746 g/mol. The number of H-pyrrole nitrogens is 1. The Balaban J connectivity index is 0.000000391.